The fraction of sp³-hybridized carbons (Fsp3) is 0.500. The largest absolute Gasteiger partial charge is 0.394 e. The summed E-state index contributed by atoms with van der Waals surface area (Å²) in [6.45, 7) is 3.53. The Morgan fingerprint density at radius 3 is 2.90 bits per heavy atom. The number of benzene rings is 1. The molecular weight excluding hydrogens is 273 g/mol. The van der Waals surface area contributed by atoms with Gasteiger partial charge in [-0.1, -0.05) is 11.8 Å². The van der Waals surface area contributed by atoms with Crippen LogP contribution in [-0.2, 0) is 11.3 Å². The number of aliphatic hydroxyl groups excluding tert-OH is 2. The van der Waals surface area contributed by atoms with Gasteiger partial charge in [0.1, 0.15) is 12.4 Å². The average Bonchev–Trinajstić information content (AvgIpc) is 2.47. The number of hydrogen-bond donors (Lipinski definition) is 2. The molecule has 0 aliphatic carbocycles. The molecule has 2 unspecified atom stereocenters. The second-order valence-electron chi connectivity index (χ2n) is 5.22. The Balaban J connectivity index is 2.12. The number of ether oxygens (including phenoxy) is 1. The molecule has 1 aromatic carbocycles. The van der Waals surface area contributed by atoms with Crippen LogP contribution < -0.4 is 0 Å². The molecule has 1 fully saturated rings. The first-order chi connectivity index (χ1) is 10.1. The van der Waals surface area contributed by atoms with Crippen LogP contribution in [0.25, 0.3) is 0 Å². The Morgan fingerprint density at radius 2 is 2.19 bits per heavy atom. The van der Waals surface area contributed by atoms with Crippen molar-refractivity contribution in [1.29, 1.82) is 0 Å². The van der Waals surface area contributed by atoms with Crippen molar-refractivity contribution in [3.63, 3.8) is 0 Å². The van der Waals surface area contributed by atoms with Gasteiger partial charge in [-0.15, -0.1) is 0 Å². The van der Waals surface area contributed by atoms with Gasteiger partial charge >= 0.3 is 0 Å². The van der Waals surface area contributed by atoms with E-state index in [-0.39, 0.29) is 31.2 Å². The van der Waals surface area contributed by atoms with Crippen molar-refractivity contribution < 1.29 is 19.3 Å². The number of nitrogens with zero attached hydrogens (tertiary/aromatic N) is 1. The lowest BCUT2D eigenvalue weighted by Crippen LogP contribution is -2.48. The highest BCUT2D eigenvalue weighted by Gasteiger charge is 2.25. The van der Waals surface area contributed by atoms with Crippen molar-refractivity contribution in [3.05, 3.63) is 35.1 Å². The third-order valence-electron chi connectivity index (χ3n) is 3.49. The smallest absolute Gasteiger partial charge is 0.124 e. The molecule has 0 radical (unpaired) electrons. The highest BCUT2D eigenvalue weighted by atomic mass is 19.1. The van der Waals surface area contributed by atoms with Gasteiger partial charge in [0.2, 0.25) is 0 Å². The molecule has 0 aromatic heterocycles. The Morgan fingerprint density at radius 1 is 1.38 bits per heavy atom. The van der Waals surface area contributed by atoms with E-state index >= 15 is 0 Å². The summed E-state index contributed by atoms with van der Waals surface area (Å²) in [6.07, 6.45) is -0.191. The number of halogens is 1. The minimum Gasteiger partial charge on any atom is -0.394 e. The minimum absolute atomic E-state index is 0.0143. The maximum Gasteiger partial charge on any atom is 0.124 e. The van der Waals surface area contributed by atoms with E-state index < -0.39 is 0 Å². The molecule has 2 N–H and O–H groups in total. The van der Waals surface area contributed by atoms with Crippen molar-refractivity contribution in [2.75, 3.05) is 26.4 Å². The molecule has 1 aromatic rings. The number of rotatable bonds is 3. The third kappa shape index (κ3) is 4.51. The lowest BCUT2D eigenvalue weighted by Gasteiger charge is -2.37. The first-order valence-corrected chi connectivity index (χ1v) is 6.98. The van der Waals surface area contributed by atoms with Gasteiger partial charge < -0.3 is 14.9 Å². The lowest BCUT2D eigenvalue weighted by atomic mass is 10.1. The quantitative estimate of drug-likeness (QED) is 0.808. The molecular formula is C16H20FNO3. The third-order valence-corrected chi connectivity index (χ3v) is 3.49. The maximum atomic E-state index is 13.6. The van der Waals surface area contributed by atoms with Crippen LogP contribution in [0.1, 0.15) is 18.1 Å². The van der Waals surface area contributed by atoms with Gasteiger partial charge in [0.15, 0.2) is 0 Å². The van der Waals surface area contributed by atoms with Gasteiger partial charge in [-0.25, -0.2) is 4.39 Å². The molecule has 0 saturated carbocycles. The monoisotopic (exact) mass is 293 g/mol. The fourth-order valence-electron chi connectivity index (χ4n) is 2.40. The predicted octanol–water partition coefficient (Wildman–Crippen LogP) is 0.751. The molecule has 0 bridgehead atoms. The van der Waals surface area contributed by atoms with Crippen molar-refractivity contribution >= 4 is 0 Å². The van der Waals surface area contributed by atoms with E-state index in [0.29, 0.717) is 25.3 Å². The van der Waals surface area contributed by atoms with Gasteiger partial charge in [-0.2, -0.15) is 0 Å². The molecule has 2 rings (SSSR count). The summed E-state index contributed by atoms with van der Waals surface area (Å²) in [5, 5.41) is 17.9. The SMILES string of the molecule is CC1COC(CO)CN1Cc1cc(F)cc(C#CCO)c1. The number of morpholine rings is 1. The van der Waals surface area contributed by atoms with Crippen molar-refractivity contribution in [3.8, 4) is 11.8 Å². The first-order valence-electron chi connectivity index (χ1n) is 6.98. The van der Waals surface area contributed by atoms with Crippen molar-refractivity contribution in [1.82, 2.24) is 4.90 Å². The summed E-state index contributed by atoms with van der Waals surface area (Å²) in [6, 6.07) is 4.87. The van der Waals surface area contributed by atoms with Crippen LogP contribution in [0.4, 0.5) is 4.39 Å². The van der Waals surface area contributed by atoms with Gasteiger partial charge in [0.25, 0.3) is 0 Å². The van der Waals surface area contributed by atoms with Crippen LogP contribution >= 0.6 is 0 Å². The van der Waals surface area contributed by atoms with Crippen LogP contribution in [0.5, 0.6) is 0 Å². The van der Waals surface area contributed by atoms with E-state index in [1.807, 2.05) is 13.0 Å². The summed E-state index contributed by atoms with van der Waals surface area (Å²) >= 11 is 0. The van der Waals surface area contributed by atoms with E-state index in [1.54, 1.807) is 0 Å². The van der Waals surface area contributed by atoms with Crippen LogP contribution in [-0.4, -0.2) is 53.6 Å². The van der Waals surface area contributed by atoms with E-state index in [4.69, 9.17) is 9.84 Å². The van der Waals surface area contributed by atoms with E-state index in [1.165, 1.54) is 12.1 Å². The normalized spacial score (nSPS) is 22.7. The molecule has 1 heterocycles. The van der Waals surface area contributed by atoms with Crippen LogP contribution in [0.3, 0.4) is 0 Å². The van der Waals surface area contributed by atoms with Crippen LogP contribution in [0.15, 0.2) is 18.2 Å². The maximum absolute atomic E-state index is 13.6. The highest BCUT2D eigenvalue weighted by Crippen LogP contribution is 2.17. The standard InChI is InChI=1S/C16H20FNO3/c1-12-11-21-16(10-20)9-18(12)8-14-5-13(3-2-4-19)6-15(17)7-14/h5-7,12,16,19-20H,4,8-11H2,1H3. The van der Waals surface area contributed by atoms with E-state index in [0.717, 1.165) is 5.56 Å². The Hall–Kier alpha value is -1.45. The Kier molecular flexibility index (Phi) is 5.71. The second-order valence-corrected chi connectivity index (χ2v) is 5.22. The minimum atomic E-state index is -0.339. The predicted molar refractivity (Wildman–Crippen MR) is 77.1 cm³/mol. The zero-order valence-electron chi connectivity index (χ0n) is 12.1. The molecule has 114 valence electrons. The van der Waals surface area contributed by atoms with Crippen LogP contribution in [0, 0.1) is 17.7 Å². The fourth-order valence-corrected chi connectivity index (χ4v) is 2.40. The zero-order valence-corrected chi connectivity index (χ0v) is 12.1. The lowest BCUT2D eigenvalue weighted by molar-refractivity contribution is -0.0805. The molecule has 5 heteroatoms. The van der Waals surface area contributed by atoms with Crippen molar-refractivity contribution in [2.24, 2.45) is 0 Å². The second kappa shape index (κ2) is 7.53. The molecule has 21 heavy (non-hydrogen) atoms. The van der Waals surface area contributed by atoms with Gasteiger partial charge in [-0.05, 0) is 30.7 Å². The summed E-state index contributed by atoms with van der Waals surface area (Å²) in [5.41, 5.74) is 1.38. The molecule has 0 spiro atoms. The van der Waals surface area contributed by atoms with E-state index in [2.05, 4.69) is 16.7 Å². The summed E-state index contributed by atoms with van der Waals surface area (Å²) in [4.78, 5) is 2.16. The molecule has 4 nitrogen and oxygen atoms in total. The number of aliphatic hydroxyl groups is 2. The van der Waals surface area contributed by atoms with Gasteiger partial charge in [-0.3, -0.25) is 4.90 Å². The summed E-state index contributed by atoms with van der Waals surface area (Å²) in [5.74, 6) is 4.90. The molecule has 1 aliphatic heterocycles. The summed E-state index contributed by atoms with van der Waals surface area (Å²) < 4.78 is 19.1. The zero-order chi connectivity index (χ0) is 15.2. The molecule has 0 amide bonds. The topological polar surface area (TPSA) is 52.9 Å². The molecule has 1 saturated heterocycles. The Labute approximate surface area is 124 Å². The van der Waals surface area contributed by atoms with E-state index in [9.17, 15) is 9.50 Å². The van der Waals surface area contributed by atoms with Crippen molar-refractivity contribution in [2.45, 2.75) is 25.6 Å². The molecule has 2 atom stereocenters. The molecule has 1 aliphatic rings. The first kappa shape index (κ1) is 15.9. The summed E-state index contributed by atoms with van der Waals surface area (Å²) in [7, 11) is 0. The van der Waals surface area contributed by atoms with Gasteiger partial charge in [0.05, 0.1) is 19.3 Å². The Bertz CT molecular complexity index is 538. The highest BCUT2D eigenvalue weighted by molar-refractivity contribution is 5.37. The average molecular weight is 293 g/mol. The van der Waals surface area contributed by atoms with Crippen LogP contribution in [0.2, 0.25) is 0 Å². The van der Waals surface area contributed by atoms with Gasteiger partial charge in [0, 0.05) is 24.7 Å². The number of hydrogen-bond acceptors (Lipinski definition) is 4.